The maximum Gasteiger partial charge on any atom is 0.426 e. The summed E-state index contributed by atoms with van der Waals surface area (Å²) in [6.45, 7) is 1.62. The number of carboxylic acids is 1. The molecule has 176 valence electrons. The van der Waals surface area contributed by atoms with Crippen LogP contribution < -0.4 is 10.9 Å². The number of phenolic OH excluding ortho intramolecular Hbond substituents is 2. The first kappa shape index (κ1) is 25.0. The molecule has 1 aliphatic heterocycles. The summed E-state index contributed by atoms with van der Waals surface area (Å²) in [4.78, 5) is 48.5. The van der Waals surface area contributed by atoms with Crippen LogP contribution in [0.3, 0.4) is 0 Å². The van der Waals surface area contributed by atoms with Crippen molar-refractivity contribution in [2.75, 3.05) is 6.61 Å². The molecular weight excluding hydrogens is 474 g/mol. The molecule has 13 nitrogen and oxygen atoms in total. The zero-order chi connectivity index (χ0) is 24.4. The van der Waals surface area contributed by atoms with E-state index in [-0.39, 0.29) is 17.0 Å². The van der Waals surface area contributed by atoms with Gasteiger partial charge >= 0.3 is 12.1 Å². The number of aromatic hydroxyl groups is 2. The minimum absolute atomic E-state index is 0.0538. The SMILES string of the molecule is C[C@@H]1CC(=O)N1[C@@H](C(=O)O)[C@](C)(COC(=O)NNC(=O)c1cc(O)c(O)cc1Cl)[SH](=O)=O. The Morgan fingerprint density at radius 3 is 2.38 bits per heavy atom. The van der Waals surface area contributed by atoms with E-state index in [0.29, 0.717) is 0 Å². The molecule has 32 heavy (non-hydrogen) atoms. The maximum atomic E-state index is 12.1. The van der Waals surface area contributed by atoms with Crippen molar-refractivity contribution in [3.8, 4) is 11.5 Å². The molecule has 0 aliphatic carbocycles. The molecule has 2 rings (SSSR count). The van der Waals surface area contributed by atoms with Crippen molar-refractivity contribution in [2.45, 2.75) is 37.1 Å². The summed E-state index contributed by atoms with van der Waals surface area (Å²) in [5.74, 6) is -4.38. The van der Waals surface area contributed by atoms with Gasteiger partial charge in [0.2, 0.25) is 5.91 Å². The van der Waals surface area contributed by atoms with Crippen molar-refractivity contribution in [1.29, 1.82) is 0 Å². The first-order valence-corrected chi connectivity index (χ1v) is 10.5. The van der Waals surface area contributed by atoms with E-state index in [0.717, 1.165) is 24.0 Å². The first-order valence-electron chi connectivity index (χ1n) is 8.92. The highest BCUT2D eigenvalue weighted by molar-refractivity contribution is 7.74. The lowest BCUT2D eigenvalue weighted by Crippen LogP contribution is -2.67. The number of carbonyl (C=O) groups is 4. The molecule has 5 N–H and O–H groups in total. The van der Waals surface area contributed by atoms with Crippen LogP contribution in [0.1, 0.15) is 30.6 Å². The average molecular weight is 494 g/mol. The van der Waals surface area contributed by atoms with Gasteiger partial charge in [0.25, 0.3) is 5.91 Å². The molecule has 0 spiro atoms. The monoisotopic (exact) mass is 493 g/mol. The van der Waals surface area contributed by atoms with E-state index >= 15 is 0 Å². The Balaban J connectivity index is 2.07. The third kappa shape index (κ3) is 4.96. The predicted molar refractivity (Wildman–Crippen MR) is 108 cm³/mol. The van der Waals surface area contributed by atoms with E-state index in [4.69, 9.17) is 16.3 Å². The molecule has 0 saturated carbocycles. The molecule has 0 radical (unpaired) electrons. The van der Waals surface area contributed by atoms with Gasteiger partial charge in [-0.1, -0.05) is 11.6 Å². The standard InChI is InChI=1S/C17H20ClN3O10S/c1-7-3-12(24)21(7)13(15(26)27)17(2,32(29)30)6-31-16(28)20-19-14(25)8-4-10(22)11(23)5-9(8)18/h4-5,7,13,22-23,32H,3,6H2,1-2H3,(H,19,25)(H,20,28)(H,26,27)/t7-,13+,17+/m1/s1. The van der Waals surface area contributed by atoms with Crippen LogP contribution in [0.4, 0.5) is 4.79 Å². The number of nitrogens with one attached hydrogen (secondary N) is 2. The smallest absolute Gasteiger partial charge is 0.426 e. The minimum Gasteiger partial charge on any atom is -0.504 e. The van der Waals surface area contributed by atoms with Crippen molar-refractivity contribution in [2.24, 2.45) is 0 Å². The van der Waals surface area contributed by atoms with Crippen molar-refractivity contribution in [1.82, 2.24) is 15.8 Å². The van der Waals surface area contributed by atoms with Gasteiger partial charge in [-0.15, -0.1) is 0 Å². The lowest BCUT2D eigenvalue weighted by Gasteiger charge is -2.46. The molecule has 0 unspecified atom stereocenters. The Bertz CT molecular complexity index is 1040. The lowest BCUT2D eigenvalue weighted by molar-refractivity contribution is -0.163. The molecule has 1 aliphatic rings. The molecule has 1 heterocycles. The Labute approximate surface area is 187 Å². The number of aliphatic carboxylic acids is 1. The number of nitrogens with zero attached hydrogens (tertiary/aromatic N) is 1. The van der Waals surface area contributed by atoms with E-state index in [9.17, 15) is 42.9 Å². The van der Waals surface area contributed by atoms with Gasteiger partial charge in [-0.05, 0) is 19.9 Å². The topological polar surface area (TPSA) is 200 Å². The van der Waals surface area contributed by atoms with Crippen LogP contribution in [0.25, 0.3) is 0 Å². The van der Waals surface area contributed by atoms with Crippen LogP contribution in [0, 0.1) is 0 Å². The number of ether oxygens (including phenoxy) is 1. The number of β-lactam (4-membered cyclic amide) rings is 1. The lowest BCUT2D eigenvalue weighted by atomic mass is 9.92. The second kappa shape index (κ2) is 9.48. The van der Waals surface area contributed by atoms with Crippen LogP contribution >= 0.6 is 11.6 Å². The molecular formula is C17H20ClN3O10S. The van der Waals surface area contributed by atoms with Gasteiger partial charge in [0, 0.05) is 18.5 Å². The fraction of sp³-hybridized carbons (Fsp3) is 0.412. The van der Waals surface area contributed by atoms with Gasteiger partial charge in [-0.3, -0.25) is 15.0 Å². The van der Waals surface area contributed by atoms with Crippen LogP contribution in [0.2, 0.25) is 5.02 Å². The number of hydrogen-bond acceptors (Lipinski definition) is 9. The zero-order valence-electron chi connectivity index (χ0n) is 16.7. The number of carbonyl (C=O) groups excluding carboxylic acids is 3. The number of benzene rings is 1. The van der Waals surface area contributed by atoms with Gasteiger partial charge in [-0.2, -0.15) is 0 Å². The number of hydrogen-bond donors (Lipinski definition) is 6. The number of thiol groups is 1. The number of rotatable bonds is 7. The number of phenols is 2. The third-order valence-corrected chi connectivity index (χ3v) is 6.35. The van der Waals surface area contributed by atoms with Crippen molar-refractivity contribution in [3.63, 3.8) is 0 Å². The van der Waals surface area contributed by atoms with Gasteiger partial charge in [-0.25, -0.2) is 23.4 Å². The Morgan fingerprint density at radius 2 is 1.88 bits per heavy atom. The van der Waals surface area contributed by atoms with E-state index in [2.05, 4.69) is 0 Å². The van der Waals surface area contributed by atoms with Crippen LogP contribution in [-0.4, -0.2) is 76.0 Å². The van der Waals surface area contributed by atoms with E-state index < -0.39 is 69.5 Å². The summed E-state index contributed by atoms with van der Waals surface area (Å²) in [6, 6.07) is -0.592. The molecule has 1 fully saturated rings. The fourth-order valence-electron chi connectivity index (χ4n) is 3.05. The van der Waals surface area contributed by atoms with Crippen LogP contribution in [-0.2, 0) is 25.0 Å². The highest BCUT2D eigenvalue weighted by Gasteiger charge is 2.53. The molecule has 1 aromatic rings. The third-order valence-electron chi connectivity index (χ3n) is 4.83. The van der Waals surface area contributed by atoms with Crippen molar-refractivity contribution < 1.29 is 47.7 Å². The van der Waals surface area contributed by atoms with E-state index in [1.54, 1.807) is 6.92 Å². The van der Waals surface area contributed by atoms with Gasteiger partial charge < -0.3 is 25.0 Å². The van der Waals surface area contributed by atoms with Crippen LogP contribution in [0.15, 0.2) is 12.1 Å². The number of halogens is 1. The number of amides is 3. The van der Waals surface area contributed by atoms with Crippen LogP contribution in [0.5, 0.6) is 11.5 Å². The zero-order valence-corrected chi connectivity index (χ0v) is 18.3. The molecule has 15 heteroatoms. The Morgan fingerprint density at radius 1 is 1.28 bits per heavy atom. The summed E-state index contributed by atoms with van der Waals surface area (Å²) >= 11 is 5.77. The molecule has 1 aromatic carbocycles. The highest BCUT2D eigenvalue weighted by Crippen LogP contribution is 2.32. The van der Waals surface area contributed by atoms with Gasteiger partial charge in [0.1, 0.15) is 11.4 Å². The van der Waals surface area contributed by atoms with E-state index in [1.165, 1.54) is 0 Å². The number of likely N-dealkylation sites (tertiary alicyclic amines) is 1. The van der Waals surface area contributed by atoms with E-state index in [1.807, 2.05) is 10.9 Å². The maximum absolute atomic E-state index is 12.1. The summed E-state index contributed by atoms with van der Waals surface area (Å²) in [5, 5.41) is 28.1. The quantitative estimate of drug-likeness (QED) is 0.125. The molecule has 3 amide bonds. The molecule has 0 bridgehead atoms. The largest absolute Gasteiger partial charge is 0.504 e. The second-order valence-electron chi connectivity index (χ2n) is 7.19. The predicted octanol–water partition coefficient (Wildman–Crippen LogP) is -0.434. The molecule has 3 atom stereocenters. The van der Waals surface area contributed by atoms with Crippen molar-refractivity contribution >= 4 is 46.2 Å². The minimum atomic E-state index is -3.50. The molecule has 0 aromatic heterocycles. The summed E-state index contributed by atoms with van der Waals surface area (Å²) in [6.07, 6.45) is -1.29. The average Bonchev–Trinajstić information content (AvgIpc) is 2.70. The Kier molecular flexibility index (Phi) is 7.41. The molecule has 1 saturated heterocycles. The normalized spacial score (nSPS) is 18.3. The first-order chi connectivity index (χ1) is 14.8. The van der Waals surface area contributed by atoms with Gasteiger partial charge in [0.15, 0.2) is 28.2 Å². The number of hydrazine groups is 1. The summed E-state index contributed by atoms with van der Waals surface area (Å²) in [5.41, 5.74) is 3.38. The van der Waals surface area contributed by atoms with Gasteiger partial charge in [0.05, 0.1) is 10.6 Å². The van der Waals surface area contributed by atoms with Crippen molar-refractivity contribution in [3.05, 3.63) is 22.7 Å². The fourth-order valence-corrected chi connectivity index (χ4v) is 3.90. The highest BCUT2D eigenvalue weighted by atomic mass is 35.5. The Hall–Kier alpha value is -3.26. The summed E-state index contributed by atoms with van der Waals surface area (Å²) in [7, 11) is -3.50. The summed E-state index contributed by atoms with van der Waals surface area (Å²) < 4.78 is 26.4. The number of carboxylic acid groups (broad SMARTS) is 1. The second-order valence-corrected chi connectivity index (χ2v) is 9.13.